The molecular weight excluding hydrogens is 482 g/mol. The van der Waals surface area contributed by atoms with Gasteiger partial charge >= 0.3 is 0 Å². The van der Waals surface area contributed by atoms with Crippen molar-refractivity contribution >= 4 is 44.2 Å². The van der Waals surface area contributed by atoms with Gasteiger partial charge in [0, 0.05) is 31.7 Å². The highest BCUT2D eigenvalue weighted by Gasteiger charge is 2.22. The molecule has 0 bridgehead atoms. The van der Waals surface area contributed by atoms with Gasteiger partial charge in [0.15, 0.2) is 5.13 Å². The Kier molecular flexibility index (Phi) is 7.59. The molecule has 5 rings (SSSR count). The maximum Gasteiger partial charge on any atom is 0.260 e. The van der Waals surface area contributed by atoms with Crippen LogP contribution in [0.5, 0.6) is 11.5 Å². The molecule has 0 N–H and O–H groups in total. The summed E-state index contributed by atoms with van der Waals surface area (Å²) in [5, 5.41) is 1.25. The highest BCUT2D eigenvalue weighted by molar-refractivity contribution is 7.22. The average Bonchev–Trinajstić information content (AvgIpc) is 3.33. The van der Waals surface area contributed by atoms with Gasteiger partial charge in [-0.05, 0) is 55.0 Å². The third-order valence-corrected chi connectivity index (χ3v) is 7.22. The van der Waals surface area contributed by atoms with E-state index in [4.69, 9.17) is 26.1 Å². The van der Waals surface area contributed by atoms with Gasteiger partial charge < -0.3 is 9.47 Å². The normalized spacial score (nSPS) is 14.2. The van der Waals surface area contributed by atoms with Gasteiger partial charge in [-0.2, -0.15) is 0 Å². The maximum atomic E-state index is 13.6. The smallest absolute Gasteiger partial charge is 0.260 e. The van der Waals surface area contributed by atoms with Crippen molar-refractivity contribution < 1.29 is 14.3 Å². The van der Waals surface area contributed by atoms with E-state index >= 15 is 0 Å². The van der Waals surface area contributed by atoms with Crippen molar-refractivity contribution in [3.8, 4) is 11.5 Å². The number of morpholine rings is 1. The maximum absolute atomic E-state index is 13.6. The van der Waals surface area contributed by atoms with Crippen LogP contribution in [0.25, 0.3) is 10.2 Å². The van der Waals surface area contributed by atoms with Crippen molar-refractivity contribution in [2.45, 2.75) is 6.42 Å². The SMILES string of the molecule is O=C(c1ccc(Oc2ccccc2)cc1)N(CCCN1CCOCC1)c1nc2c(Cl)cccc2s1. The lowest BCUT2D eigenvalue weighted by atomic mass is 10.2. The van der Waals surface area contributed by atoms with Crippen molar-refractivity contribution in [2.75, 3.05) is 44.3 Å². The fourth-order valence-electron chi connectivity index (χ4n) is 4.03. The van der Waals surface area contributed by atoms with Crippen molar-refractivity contribution in [3.63, 3.8) is 0 Å². The highest BCUT2D eigenvalue weighted by atomic mass is 35.5. The Labute approximate surface area is 213 Å². The fourth-order valence-corrected chi connectivity index (χ4v) is 5.32. The van der Waals surface area contributed by atoms with Gasteiger partial charge in [-0.3, -0.25) is 14.6 Å². The van der Waals surface area contributed by atoms with Crippen LogP contribution in [-0.2, 0) is 4.74 Å². The zero-order valence-electron chi connectivity index (χ0n) is 19.2. The standard InChI is InChI=1S/C27H26ClN3O3S/c28-23-8-4-9-24-25(23)29-27(35-24)31(15-5-14-30-16-18-33-19-17-30)26(32)20-10-12-22(13-11-20)34-21-6-2-1-3-7-21/h1-4,6-13H,5,14-19H2. The summed E-state index contributed by atoms with van der Waals surface area (Å²) >= 11 is 7.85. The number of carbonyl (C=O) groups excluding carboxylic acids is 1. The zero-order chi connectivity index (χ0) is 24.0. The number of ether oxygens (including phenoxy) is 2. The van der Waals surface area contributed by atoms with Gasteiger partial charge in [0.25, 0.3) is 5.91 Å². The van der Waals surface area contributed by atoms with E-state index in [0.717, 1.165) is 55.2 Å². The van der Waals surface area contributed by atoms with E-state index in [1.165, 1.54) is 11.3 Å². The van der Waals surface area contributed by atoms with E-state index in [2.05, 4.69) is 4.90 Å². The summed E-state index contributed by atoms with van der Waals surface area (Å²) in [6.07, 6.45) is 0.838. The summed E-state index contributed by atoms with van der Waals surface area (Å²) in [6, 6.07) is 22.5. The lowest BCUT2D eigenvalue weighted by Gasteiger charge is -2.27. The first kappa shape index (κ1) is 23.8. The first-order valence-electron chi connectivity index (χ1n) is 11.7. The minimum atomic E-state index is -0.0894. The molecule has 1 aliphatic heterocycles. The molecule has 1 fully saturated rings. The largest absolute Gasteiger partial charge is 0.457 e. The summed E-state index contributed by atoms with van der Waals surface area (Å²) < 4.78 is 12.3. The number of benzene rings is 3. The van der Waals surface area contributed by atoms with Crippen LogP contribution < -0.4 is 9.64 Å². The topological polar surface area (TPSA) is 54.9 Å². The predicted molar refractivity (Wildman–Crippen MR) is 141 cm³/mol. The summed E-state index contributed by atoms with van der Waals surface area (Å²) in [5.41, 5.74) is 1.31. The van der Waals surface area contributed by atoms with Crippen molar-refractivity contribution in [3.05, 3.63) is 83.4 Å². The van der Waals surface area contributed by atoms with E-state index in [1.54, 1.807) is 17.0 Å². The van der Waals surface area contributed by atoms with Crippen LogP contribution in [0, 0.1) is 0 Å². The van der Waals surface area contributed by atoms with Crippen LogP contribution in [0.4, 0.5) is 5.13 Å². The van der Waals surface area contributed by atoms with Crippen LogP contribution >= 0.6 is 22.9 Å². The number of para-hydroxylation sites is 2. The molecule has 0 aliphatic carbocycles. The highest BCUT2D eigenvalue weighted by Crippen LogP contribution is 2.34. The van der Waals surface area contributed by atoms with Gasteiger partial charge in [0.1, 0.15) is 17.0 Å². The van der Waals surface area contributed by atoms with Gasteiger partial charge in [-0.15, -0.1) is 0 Å². The number of fused-ring (bicyclic) bond motifs is 1. The minimum absolute atomic E-state index is 0.0894. The Morgan fingerprint density at radius 1 is 1.00 bits per heavy atom. The van der Waals surface area contributed by atoms with Gasteiger partial charge in [-0.1, -0.05) is 47.2 Å². The zero-order valence-corrected chi connectivity index (χ0v) is 20.8. The molecule has 0 spiro atoms. The first-order chi connectivity index (χ1) is 17.2. The molecule has 2 heterocycles. The average molecular weight is 508 g/mol. The lowest BCUT2D eigenvalue weighted by Crippen LogP contribution is -2.39. The van der Waals surface area contributed by atoms with Gasteiger partial charge in [-0.25, -0.2) is 4.98 Å². The molecule has 0 unspecified atom stereocenters. The third kappa shape index (κ3) is 5.82. The van der Waals surface area contributed by atoms with Crippen LogP contribution in [0.3, 0.4) is 0 Å². The summed E-state index contributed by atoms with van der Waals surface area (Å²) in [6.45, 7) is 4.84. The number of thiazole rings is 1. The van der Waals surface area contributed by atoms with Crippen molar-refractivity contribution in [2.24, 2.45) is 0 Å². The number of carbonyl (C=O) groups is 1. The number of hydrogen-bond acceptors (Lipinski definition) is 6. The number of anilines is 1. The van der Waals surface area contributed by atoms with E-state index in [0.29, 0.717) is 28.0 Å². The quantitative estimate of drug-likeness (QED) is 0.288. The minimum Gasteiger partial charge on any atom is -0.457 e. The molecule has 4 aromatic rings. The molecule has 180 valence electrons. The fraction of sp³-hybridized carbons (Fsp3) is 0.259. The van der Waals surface area contributed by atoms with Gasteiger partial charge in [0.2, 0.25) is 0 Å². The number of hydrogen-bond donors (Lipinski definition) is 0. The lowest BCUT2D eigenvalue weighted by molar-refractivity contribution is 0.0376. The van der Waals surface area contributed by atoms with E-state index in [1.807, 2.05) is 60.7 Å². The Balaban J connectivity index is 1.35. The van der Waals surface area contributed by atoms with Crippen LogP contribution in [-0.4, -0.2) is 55.2 Å². The molecule has 3 aromatic carbocycles. The second kappa shape index (κ2) is 11.2. The number of nitrogens with zero attached hydrogens (tertiary/aromatic N) is 3. The molecule has 6 nitrogen and oxygen atoms in total. The molecular formula is C27H26ClN3O3S. The molecule has 0 radical (unpaired) electrons. The second-order valence-electron chi connectivity index (χ2n) is 8.29. The number of aromatic nitrogens is 1. The van der Waals surface area contributed by atoms with E-state index < -0.39 is 0 Å². The van der Waals surface area contributed by atoms with Crippen LogP contribution in [0.15, 0.2) is 72.8 Å². The van der Waals surface area contributed by atoms with Gasteiger partial charge in [0.05, 0.1) is 22.9 Å². The van der Waals surface area contributed by atoms with Crippen LogP contribution in [0.2, 0.25) is 5.02 Å². The molecule has 35 heavy (non-hydrogen) atoms. The molecule has 1 aromatic heterocycles. The molecule has 0 atom stereocenters. The Morgan fingerprint density at radius 2 is 1.74 bits per heavy atom. The van der Waals surface area contributed by atoms with Crippen LogP contribution in [0.1, 0.15) is 16.8 Å². The third-order valence-electron chi connectivity index (χ3n) is 5.87. The monoisotopic (exact) mass is 507 g/mol. The van der Waals surface area contributed by atoms with E-state index in [9.17, 15) is 4.79 Å². The molecule has 0 saturated carbocycles. The molecule has 1 amide bonds. The van der Waals surface area contributed by atoms with Crippen molar-refractivity contribution in [1.82, 2.24) is 9.88 Å². The van der Waals surface area contributed by atoms with E-state index in [-0.39, 0.29) is 5.91 Å². The summed E-state index contributed by atoms with van der Waals surface area (Å²) in [5.74, 6) is 1.34. The number of amides is 1. The first-order valence-corrected chi connectivity index (χ1v) is 12.9. The number of halogens is 1. The Hall–Kier alpha value is -2.97. The second-order valence-corrected chi connectivity index (χ2v) is 9.70. The number of rotatable bonds is 8. The Bertz CT molecular complexity index is 1270. The molecule has 1 aliphatic rings. The molecule has 1 saturated heterocycles. The Morgan fingerprint density at radius 3 is 2.49 bits per heavy atom. The summed E-state index contributed by atoms with van der Waals surface area (Å²) in [7, 11) is 0. The molecule has 8 heteroatoms. The van der Waals surface area contributed by atoms with Crippen molar-refractivity contribution in [1.29, 1.82) is 0 Å². The summed E-state index contributed by atoms with van der Waals surface area (Å²) in [4.78, 5) is 22.5. The predicted octanol–water partition coefficient (Wildman–Crippen LogP) is 6.11.